The van der Waals surface area contributed by atoms with Crippen LogP contribution in [0.25, 0.3) is 0 Å². The summed E-state index contributed by atoms with van der Waals surface area (Å²) in [5.74, 6) is -2.24. The molecule has 6 heteroatoms. The Morgan fingerprint density at radius 1 is 1.10 bits per heavy atom. The van der Waals surface area contributed by atoms with Crippen molar-refractivity contribution in [3.8, 4) is 0 Å². The molecule has 1 atom stereocenters. The molecular formula is C14H11BrF2N2O. The third-order valence-corrected chi connectivity index (χ3v) is 3.19. The molecule has 0 heterocycles. The molecule has 0 aromatic heterocycles. The van der Waals surface area contributed by atoms with Crippen molar-refractivity contribution >= 4 is 27.5 Å². The van der Waals surface area contributed by atoms with Crippen molar-refractivity contribution < 1.29 is 13.6 Å². The lowest BCUT2D eigenvalue weighted by Crippen LogP contribution is -2.27. The molecule has 3 N–H and O–H groups in total. The van der Waals surface area contributed by atoms with Gasteiger partial charge in [0.15, 0.2) is 0 Å². The normalized spacial score (nSPS) is 11.9. The maximum absolute atomic E-state index is 13.2. The highest BCUT2D eigenvalue weighted by Crippen LogP contribution is 2.22. The molecule has 0 bridgehead atoms. The first-order chi connectivity index (χ1) is 9.45. The number of carbonyl (C=O) groups excluding carboxylic acids is 1. The second-order valence-electron chi connectivity index (χ2n) is 4.19. The second kappa shape index (κ2) is 6.00. The average molecular weight is 341 g/mol. The maximum atomic E-state index is 13.2. The monoisotopic (exact) mass is 340 g/mol. The minimum atomic E-state index is -1.01. The summed E-state index contributed by atoms with van der Waals surface area (Å²) in [5.41, 5.74) is 6.04. The van der Waals surface area contributed by atoms with Gasteiger partial charge < -0.3 is 11.1 Å². The molecular weight excluding hydrogens is 330 g/mol. The van der Waals surface area contributed by atoms with E-state index >= 15 is 0 Å². The Balaban J connectivity index is 2.31. The largest absolute Gasteiger partial charge is 0.370 e. The number of primary amides is 1. The Hall–Kier alpha value is -1.95. The molecule has 1 amide bonds. The van der Waals surface area contributed by atoms with E-state index in [0.717, 1.165) is 22.7 Å². The van der Waals surface area contributed by atoms with Crippen LogP contribution in [0.5, 0.6) is 0 Å². The molecule has 0 aliphatic carbocycles. The fourth-order valence-corrected chi connectivity index (χ4v) is 2.04. The summed E-state index contributed by atoms with van der Waals surface area (Å²) >= 11 is 3.29. The summed E-state index contributed by atoms with van der Waals surface area (Å²) in [6.07, 6.45) is 0. The highest BCUT2D eigenvalue weighted by Gasteiger charge is 2.19. The van der Waals surface area contributed by atoms with Gasteiger partial charge in [0.2, 0.25) is 5.91 Å². The topological polar surface area (TPSA) is 55.1 Å². The molecule has 3 nitrogen and oxygen atoms in total. The molecule has 0 radical (unpaired) electrons. The molecule has 0 aliphatic rings. The number of hydrogen-bond donors (Lipinski definition) is 2. The van der Waals surface area contributed by atoms with Crippen molar-refractivity contribution in [2.24, 2.45) is 5.73 Å². The second-order valence-corrected chi connectivity index (χ2v) is 5.11. The Kier molecular flexibility index (Phi) is 4.34. The Bertz CT molecular complexity index is 611. The molecule has 20 heavy (non-hydrogen) atoms. The van der Waals surface area contributed by atoms with Gasteiger partial charge in [0.05, 0.1) is 0 Å². The van der Waals surface area contributed by atoms with Crippen LogP contribution in [0.1, 0.15) is 11.6 Å². The third kappa shape index (κ3) is 3.54. The van der Waals surface area contributed by atoms with Crippen LogP contribution in [0.15, 0.2) is 46.9 Å². The van der Waals surface area contributed by atoms with Crippen LogP contribution in [0, 0.1) is 11.6 Å². The Labute approximate surface area is 122 Å². The van der Waals surface area contributed by atoms with E-state index in [9.17, 15) is 13.6 Å². The molecule has 2 aromatic carbocycles. The van der Waals surface area contributed by atoms with Crippen LogP contribution in [0.2, 0.25) is 0 Å². The summed E-state index contributed by atoms with van der Waals surface area (Å²) in [5, 5.41) is 2.85. The van der Waals surface area contributed by atoms with Crippen molar-refractivity contribution in [1.29, 1.82) is 0 Å². The predicted molar refractivity (Wildman–Crippen MR) is 76.1 cm³/mol. The summed E-state index contributed by atoms with van der Waals surface area (Å²) < 4.78 is 27.3. The molecule has 0 spiro atoms. The SMILES string of the molecule is NC(=O)C(Nc1ccc(Br)cc1)c1cc(F)cc(F)c1. The third-order valence-electron chi connectivity index (χ3n) is 2.66. The van der Waals surface area contributed by atoms with Gasteiger partial charge in [-0.2, -0.15) is 0 Å². The number of rotatable bonds is 4. The zero-order valence-corrected chi connectivity index (χ0v) is 11.8. The zero-order valence-electron chi connectivity index (χ0n) is 10.2. The highest BCUT2D eigenvalue weighted by molar-refractivity contribution is 9.10. The van der Waals surface area contributed by atoms with E-state index in [4.69, 9.17) is 5.73 Å². The van der Waals surface area contributed by atoms with Crippen molar-refractivity contribution in [3.63, 3.8) is 0 Å². The van der Waals surface area contributed by atoms with Gasteiger partial charge in [-0.25, -0.2) is 8.78 Å². The molecule has 0 fully saturated rings. The van der Waals surface area contributed by atoms with E-state index < -0.39 is 23.6 Å². The molecule has 0 saturated heterocycles. The number of benzene rings is 2. The summed E-state index contributed by atoms with van der Waals surface area (Å²) in [4.78, 5) is 11.5. The standard InChI is InChI=1S/C14H11BrF2N2O/c15-9-1-3-12(4-2-9)19-13(14(18)20)8-5-10(16)7-11(17)6-8/h1-7,13,19H,(H2,18,20). The highest BCUT2D eigenvalue weighted by atomic mass is 79.9. The van der Waals surface area contributed by atoms with Gasteiger partial charge in [-0.3, -0.25) is 4.79 Å². The minimum Gasteiger partial charge on any atom is -0.370 e. The summed E-state index contributed by atoms with van der Waals surface area (Å²) in [6.45, 7) is 0. The maximum Gasteiger partial charge on any atom is 0.244 e. The van der Waals surface area contributed by atoms with E-state index in [-0.39, 0.29) is 5.56 Å². The fourth-order valence-electron chi connectivity index (χ4n) is 1.77. The lowest BCUT2D eigenvalue weighted by Gasteiger charge is -2.17. The molecule has 1 unspecified atom stereocenters. The molecule has 2 rings (SSSR count). The summed E-state index contributed by atoms with van der Waals surface area (Å²) in [6, 6.07) is 8.85. The molecule has 2 aromatic rings. The van der Waals surface area contributed by atoms with Gasteiger partial charge in [0.25, 0.3) is 0 Å². The van der Waals surface area contributed by atoms with Crippen LogP contribution in [-0.2, 0) is 4.79 Å². The number of carbonyl (C=O) groups is 1. The fraction of sp³-hybridized carbons (Fsp3) is 0.0714. The van der Waals surface area contributed by atoms with E-state index in [0.29, 0.717) is 5.69 Å². The lowest BCUT2D eigenvalue weighted by molar-refractivity contribution is -0.118. The van der Waals surface area contributed by atoms with Crippen LogP contribution in [-0.4, -0.2) is 5.91 Å². The van der Waals surface area contributed by atoms with Crippen molar-refractivity contribution in [2.45, 2.75) is 6.04 Å². The molecule has 0 aliphatic heterocycles. The summed E-state index contributed by atoms with van der Waals surface area (Å²) in [7, 11) is 0. The Morgan fingerprint density at radius 2 is 1.65 bits per heavy atom. The number of nitrogens with two attached hydrogens (primary N) is 1. The molecule has 0 saturated carbocycles. The smallest absolute Gasteiger partial charge is 0.244 e. The van der Waals surface area contributed by atoms with Gasteiger partial charge in [-0.1, -0.05) is 15.9 Å². The number of amides is 1. The van der Waals surface area contributed by atoms with Crippen molar-refractivity contribution in [3.05, 3.63) is 64.1 Å². The zero-order chi connectivity index (χ0) is 14.7. The van der Waals surface area contributed by atoms with Crippen LogP contribution in [0.3, 0.4) is 0 Å². The van der Waals surface area contributed by atoms with Crippen LogP contribution >= 0.6 is 15.9 Å². The quantitative estimate of drug-likeness (QED) is 0.896. The van der Waals surface area contributed by atoms with E-state index in [1.54, 1.807) is 24.3 Å². The number of nitrogens with one attached hydrogen (secondary N) is 1. The van der Waals surface area contributed by atoms with E-state index in [1.165, 1.54) is 0 Å². The van der Waals surface area contributed by atoms with Crippen molar-refractivity contribution in [2.75, 3.05) is 5.32 Å². The first-order valence-electron chi connectivity index (χ1n) is 5.73. The van der Waals surface area contributed by atoms with Gasteiger partial charge in [-0.15, -0.1) is 0 Å². The number of hydrogen-bond acceptors (Lipinski definition) is 2. The van der Waals surface area contributed by atoms with Gasteiger partial charge >= 0.3 is 0 Å². The van der Waals surface area contributed by atoms with E-state index in [1.807, 2.05) is 0 Å². The first-order valence-corrected chi connectivity index (χ1v) is 6.52. The van der Waals surface area contributed by atoms with Crippen LogP contribution < -0.4 is 11.1 Å². The number of halogens is 3. The van der Waals surface area contributed by atoms with Gasteiger partial charge in [-0.05, 0) is 42.0 Å². The van der Waals surface area contributed by atoms with E-state index in [2.05, 4.69) is 21.2 Å². The van der Waals surface area contributed by atoms with Crippen molar-refractivity contribution in [1.82, 2.24) is 0 Å². The first kappa shape index (κ1) is 14.5. The number of anilines is 1. The molecule has 104 valence electrons. The van der Waals surface area contributed by atoms with Gasteiger partial charge in [0.1, 0.15) is 17.7 Å². The predicted octanol–water partition coefficient (Wildman–Crippen LogP) is 3.37. The van der Waals surface area contributed by atoms with Crippen LogP contribution in [0.4, 0.5) is 14.5 Å². The Morgan fingerprint density at radius 3 is 2.15 bits per heavy atom. The van der Waals surface area contributed by atoms with Gasteiger partial charge in [0, 0.05) is 16.2 Å². The minimum absolute atomic E-state index is 0.137. The average Bonchev–Trinajstić information content (AvgIpc) is 2.36. The lowest BCUT2D eigenvalue weighted by atomic mass is 10.1.